The van der Waals surface area contributed by atoms with Crippen molar-refractivity contribution in [2.75, 3.05) is 7.11 Å². The lowest BCUT2D eigenvalue weighted by Crippen LogP contribution is -1.87. The summed E-state index contributed by atoms with van der Waals surface area (Å²) < 4.78 is 5.15. The zero-order valence-electron chi connectivity index (χ0n) is 8.30. The van der Waals surface area contributed by atoms with Crippen molar-refractivity contribution < 1.29 is 9.84 Å². The Morgan fingerprint density at radius 3 is 3.07 bits per heavy atom. The fourth-order valence-electron chi connectivity index (χ4n) is 1.38. The topological polar surface area (TPSA) is 42.4 Å². The number of nitrogens with zero attached hydrogens (tertiary/aromatic N) is 1. The number of thiazole rings is 1. The van der Waals surface area contributed by atoms with E-state index in [0.29, 0.717) is 5.69 Å². The van der Waals surface area contributed by atoms with Gasteiger partial charge in [-0.2, -0.15) is 0 Å². The lowest BCUT2D eigenvalue weighted by Gasteiger charge is -2.03. The van der Waals surface area contributed by atoms with E-state index in [1.807, 2.05) is 24.3 Å². The number of ether oxygens (including phenoxy) is 1. The van der Waals surface area contributed by atoms with Crippen LogP contribution in [0.15, 0.2) is 29.8 Å². The van der Waals surface area contributed by atoms with Crippen LogP contribution in [-0.2, 0) is 6.61 Å². The van der Waals surface area contributed by atoms with Gasteiger partial charge in [0.15, 0.2) is 0 Å². The van der Waals surface area contributed by atoms with Crippen LogP contribution in [0.25, 0.3) is 10.4 Å². The maximum absolute atomic E-state index is 9.11. The highest BCUT2D eigenvalue weighted by Gasteiger charge is 2.07. The number of aromatic nitrogens is 1. The van der Waals surface area contributed by atoms with Crippen LogP contribution in [0.1, 0.15) is 5.69 Å². The lowest BCUT2D eigenvalue weighted by atomic mass is 10.1. The van der Waals surface area contributed by atoms with E-state index in [2.05, 4.69) is 4.98 Å². The van der Waals surface area contributed by atoms with Crippen molar-refractivity contribution in [2.45, 2.75) is 6.61 Å². The second-order valence-corrected chi connectivity index (χ2v) is 3.87. The first kappa shape index (κ1) is 10.1. The summed E-state index contributed by atoms with van der Waals surface area (Å²) in [6.07, 6.45) is 0. The molecule has 15 heavy (non-hydrogen) atoms. The minimum absolute atomic E-state index is 0.0317. The number of benzene rings is 1. The predicted molar refractivity (Wildman–Crippen MR) is 60.0 cm³/mol. The van der Waals surface area contributed by atoms with Crippen LogP contribution >= 0.6 is 11.3 Å². The quantitative estimate of drug-likeness (QED) is 0.864. The number of hydrogen-bond donors (Lipinski definition) is 1. The molecule has 0 aliphatic rings. The zero-order chi connectivity index (χ0) is 10.7. The molecule has 3 nitrogen and oxygen atoms in total. The van der Waals surface area contributed by atoms with Gasteiger partial charge in [0.2, 0.25) is 0 Å². The molecule has 0 spiro atoms. The molecule has 0 fully saturated rings. The molecule has 0 aliphatic carbocycles. The highest BCUT2D eigenvalue weighted by atomic mass is 32.1. The van der Waals surface area contributed by atoms with Gasteiger partial charge < -0.3 is 9.84 Å². The van der Waals surface area contributed by atoms with E-state index in [-0.39, 0.29) is 6.61 Å². The molecule has 1 aromatic heterocycles. The largest absolute Gasteiger partial charge is 0.497 e. The second-order valence-electron chi connectivity index (χ2n) is 3.02. The van der Waals surface area contributed by atoms with Gasteiger partial charge in [-0.05, 0) is 17.7 Å². The number of hydrogen-bond acceptors (Lipinski definition) is 4. The zero-order valence-corrected chi connectivity index (χ0v) is 9.12. The van der Waals surface area contributed by atoms with Gasteiger partial charge in [-0.3, -0.25) is 0 Å². The molecule has 0 aliphatic heterocycles. The molecule has 2 rings (SSSR count). The van der Waals surface area contributed by atoms with E-state index >= 15 is 0 Å². The van der Waals surface area contributed by atoms with Gasteiger partial charge >= 0.3 is 0 Å². The number of rotatable bonds is 3. The summed E-state index contributed by atoms with van der Waals surface area (Å²) >= 11 is 1.52. The average molecular weight is 221 g/mol. The molecule has 0 radical (unpaired) electrons. The van der Waals surface area contributed by atoms with Crippen molar-refractivity contribution in [3.8, 4) is 16.2 Å². The summed E-state index contributed by atoms with van der Waals surface area (Å²) in [5.41, 5.74) is 3.48. The molecule has 78 valence electrons. The molecule has 4 heteroatoms. The second kappa shape index (κ2) is 4.42. The van der Waals surface area contributed by atoms with Gasteiger partial charge in [0.25, 0.3) is 0 Å². The van der Waals surface area contributed by atoms with Crippen molar-refractivity contribution in [1.82, 2.24) is 4.98 Å². The van der Waals surface area contributed by atoms with E-state index < -0.39 is 0 Å². The Balaban J connectivity index is 2.44. The van der Waals surface area contributed by atoms with Gasteiger partial charge in [-0.15, -0.1) is 11.3 Å². The third-order valence-corrected chi connectivity index (χ3v) is 3.04. The summed E-state index contributed by atoms with van der Waals surface area (Å²) in [4.78, 5) is 5.09. The molecule has 1 N–H and O–H groups in total. The van der Waals surface area contributed by atoms with Crippen LogP contribution < -0.4 is 4.74 Å². The Hall–Kier alpha value is -1.39. The first-order chi connectivity index (χ1) is 7.35. The summed E-state index contributed by atoms with van der Waals surface area (Å²) in [7, 11) is 1.64. The predicted octanol–water partition coefficient (Wildman–Crippen LogP) is 2.31. The van der Waals surface area contributed by atoms with Gasteiger partial charge in [0, 0.05) is 0 Å². The maximum Gasteiger partial charge on any atom is 0.119 e. The van der Waals surface area contributed by atoms with Crippen LogP contribution in [0.3, 0.4) is 0 Å². The fraction of sp³-hybridized carbons (Fsp3) is 0.182. The molecule has 0 unspecified atom stereocenters. The van der Waals surface area contributed by atoms with Crippen molar-refractivity contribution in [1.29, 1.82) is 0 Å². The summed E-state index contributed by atoms with van der Waals surface area (Å²) in [5.74, 6) is 0.810. The smallest absolute Gasteiger partial charge is 0.119 e. The monoisotopic (exact) mass is 221 g/mol. The van der Waals surface area contributed by atoms with E-state index in [4.69, 9.17) is 9.84 Å². The standard InChI is InChI=1S/C11H11NO2S/c1-14-9-4-2-3-8(5-9)11-10(6-13)12-7-15-11/h2-5,7,13H,6H2,1H3. The fourth-order valence-corrected chi connectivity index (χ4v) is 2.18. The SMILES string of the molecule is COc1cccc(-c2scnc2CO)c1. The number of methoxy groups -OCH3 is 1. The third kappa shape index (κ3) is 2.00. The van der Waals surface area contributed by atoms with Crippen LogP contribution in [0.5, 0.6) is 5.75 Å². The van der Waals surface area contributed by atoms with E-state index in [0.717, 1.165) is 16.2 Å². The summed E-state index contributed by atoms with van der Waals surface area (Å²) in [6.45, 7) is -0.0317. The first-order valence-corrected chi connectivity index (χ1v) is 5.40. The van der Waals surface area contributed by atoms with Gasteiger partial charge in [0.05, 0.1) is 29.8 Å². The Morgan fingerprint density at radius 1 is 1.47 bits per heavy atom. The minimum Gasteiger partial charge on any atom is -0.497 e. The molecule has 0 atom stereocenters. The Bertz CT molecular complexity index is 453. The molecule has 0 amide bonds. The van der Waals surface area contributed by atoms with Gasteiger partial charge in [-0.25, -0.2) is 4.98 Å². The Morgan fingerprint density at radius 2 is 2.33 bits per heavy atom. The molecular formula is C11H11NO2S. The van der Waals surface area contributed by atoms with Crippen molar-refractivity contribution in [3.05, 3.63) is 35.5 Å². The third-order valence-electron chi connectivity index (χ3n) is 2.12. The van der Waals surface area contributed by atoms with Crippen molar-refractivity contribution >= 4 is 11.3 Å². The van der Waals surface area contributed by atoms with Crippen LogP contribution in [0.2, 0.25) is 0 Å². The minimum atomic E-state index is -0.0317. The Labute approximate surface area is 92.0 Å². The number of aliphatic hydroxyl groups is 1. The van der Waals surface area contributed by atoms with Gasteiger partial charge in [-0.1, -0.05) is 12.1 Å². The molecule has 0 saturated heterocycles. The summed E-state index contributed by atoms with van der Waals surface area (Å²) in [5, 5.41) is 9.11. The van der Waals surface area contributed by atoms with Crippen LogP contribution in [0.4, 0.5) is 0 Å². The van der Waals surface area contributed by atoms with Crippen LogP contribution in [-0.4, -0.2) is 17.2 Å². The van der Waals surface area contributed by atoms with Crippen molar-refractivity contribution in [3.63, 3.8) is 0 Å². The average Bonchev–Trinajstić information content (AvgIpc) is 2.77. The number of aliphatic hydroxyl groups excluding tert-OH is 1. The highest BCUT2D eigenvalue weighted by molar-refractivity contribution is 7.13. The van der Waals surface area contributed by atoms with Gasteiger partial charge in [0.1, 0.15) is 5.75 Å². The Kier molecular flexibility index (Phi) is 2.99. The van der Waals surface area contributed by atoms with Crippen molar-refractivity contribution in [2.24, 2.45) is 0 Å². The highest BCUT2D eigenvalue weighted by Crippen LogP contribution is 2.29. The normalized spacial score (nSPS) is 10.3. The lowest BCUT2D eigenvalue weighted by molar-refractivity contribution is 0.278. The molecule has 1 heterocycles. The maximum atomic E-state index is 9.11. The molecule has 1 aromatic carbocycles. The van der Waals surface area contributed by atoms with E-state index in [9.17, 15) is 0 Å². The molecule has 0 bridgehead atoms. The molecule has 0 saturated carbocycles. The van der Waals surface area contributed by atoms with Crippen LogP contribution in [0, 0.1) is 0 Å². The van der Waals surface area contributed by atoms with E-state index in [1.54, 1.807) is 12.6 Å². The molecule has 2 aromatic rings. The molecular weight excluding hydrogens is 210 g/mol. The first-order valence-electron chi connectivity index (χ1n) is 4.53. The van der Waals surface area contributed by atoms with E-state index in [1.165, 1.54) is 11.3 Å². The summed E-state index contributed by atoms with van der Waals surface area (Å²) in [6, 6.07) is 7.74.